The predicted octanol–water partition coefficient (Wildman–Crippen LogP) is 3.46. The number of ether oxygens (including phenoxy) is 1. The Morgan fingerprint density at radius 3 is 2.46 bits per heavy atom. The number of aliphatic hydroxyl groups excluding tert-OH is 1. The van der Waals surface area contributed by atoms with E-state index in [1.54, 1.807) is 0 Å². The summed E-state index contributed by atoms with van der Waals surface area (Å²) >= 11 is 6.08. The molecule has 1 saturated heterocycles. The first-order valence-corrected chi connectivity index (χ1v) is 9.64. The van der Waals surface area contributed by atoms with Crippen LogP contribution in [0.5, 0.6) is 5.75 Å². The van der Waals surface area contributed by atoms with Gasteiger partial charge in [0.05, 0.1) is 0 Å². The molecule has 0 radical (unpaired) electrons. The second kappa shape index (κ2) is 9.26. The van der Waals surface area contributed by atoms with Crippen molar-refractivity contribution in [1.29, 1.82) is 0 Å². The van der Waals surface area contributed by atoms with E-state index in [1.807, 2.05) is 30.3 Å². The fourth-order valence-corrected chi connectivity index (χ4v) is 3.41. The first-order valence-electron chi connectivity index (χ1n) is 9.26. The molecule has 5 heteroatoms. The molecule has 1 aliphatic rings. The number of aryl methyl sites for hydroxylation is 1. The van der Waals surface area contributed by atoms with E-state index in [1.165, 1.54) is 5.56 Å². The molecule has 1 N–H and O–H groups in total. The maximum absolute atomic E-state index is 10.3. The van der Waals surface area contributed by atoms with Gasteiger partial charge in [-0.2, -0.15) is 0 Å². The van der Waals surface area contributed by atoms with Crippen LogP contribution in [0.1, 0.15) is 12.5 Å². The number of hydrogen-bond donors (Lipinski definition) is 1. The summed E-state index contributed by atoms with van der Waals surface area (Å²) in [5, 5.41) is 11.1. The van der Waals surface area contributed by atoms with Crippen molar-refractivity contribution in [2.45, 2.75) is 19.4 Å². The topological polar surface area (TPSA) is 35.9 Å². The molecule has 0 saturated carbocycles. The molecular weight excluding hydrogens is 348 g/mol. The van der Waals surface area contributed by atoms with Gasteiger partial charge in [-0.05, 0) is 42.3 Å². The van der Waals surface area contributed by atoms with E-state index in [4.69, 9.17) is 16.3 Å². The maximum Gasteiger partial charge on any atom is 0.119 e. The average Bonchev–Trinajstić information content (AvgIpc) is 2.67. The number of β-amino-alcohol motifs (C(OH)–C–C–N with tert-alkyl or cyclic N) is 1. The number of piperazine rings is 1. The van der Waals surface area contributed by atoms with Gasteiger partial charge in [-0.25, -0.2) is 0 Å². The lowest BCUT2D eigenvalue weighted by molar-refractivity contribution is 0.0663. The van der Waals surface area contributed by atoms with E-state index in [2.05, 4.69) is 34.9 Å². The van der Waals surface area contributed by atoms with Crippen LogP contribution in [0.4, 0.5) is 5.69 Å². The largest absolute Gasteiger partial charge is 0.491 e. The lowest BCUT2D eigenvalue weighted by atomic mass is 10.2. The molecule has 0 spiro atoms. The van der Waals surface area contributed by atoms with Gasteiger partial charge >= 0.3 is 0 Å². The van der Waals surface area contributed by atoms with Crippen molar-refractivity contribution in [1.82, 2.24) is 4.90 Å². The molecule has 0 aliphatic carbocycles. The average molecular weight is 375 g/mol. The van der Waals surface area contributed by atoms with Crippen molar-refractivity contribution in [2.75, 3.05) is 44.2 Å². The van der Waals surface area contributed by atoms with Crippen LogP contribution in [0, 0.1) is 0 Å². The molecule has 140 valence electrons. The Morgan fingerprint density at radius 1 is 1.08 bits per heavy atom. The number of anilines is 1. The summed E-state index contributed by atoms with van der Waals surface area (Å²) in [6, 6.07) is 16.0. The van der Waals surface area contributed by atoms with Gasteiger partial charge in [0.2, 0.25) is 0 Å². The van der Waals surface area contributed by atoms with E-state index in [0.717, 1.165) is 49.1 Å². The number of aliphatic hydroxyl groups is 1. The van der Waals surface area contributed by atoms with Crippen LogP contribution >= 0.6 is 11.6 Å². The second-order valence-corrected chi connectivity index (χ2v) is 7.17. The molecule has 0 aromatic heterocycles. The summed E-state index contributed by atoms with van der Waals surface area (Å²) < 4.78 is 5.71. The van der Waals surface area contributed by atoms with Crippen molar-refractivity contribution in [2.24, 2.45) is 0 Å². The molecule has 0 unspecified atom stereocenters. The molecule has 4 nitrogen and oxygen atoms in total. The standard InChI is InChI=1S/C21H27ClN2O2/c1-2-17-6-8-21(9-7-17)26-16-20(25)15-23-10-12-24(13-11-23)19-5-3-4-18(22)14-19/h3-9,14,20,25H,2,10-13,15-16H2,1H3/t20-/m0/s1. The lowest BCUT2D eigenvalue weighted by Crippen LogP contribution is -2.49. The van der Waals surface area contributed by atoms with Crippen molar-refractivity contribution in [3.63, 3.8) is 0 Å². The van der Waals surface area contributed by atoms with Crippen LogP contribution in [0.3, 0.4) is 0 Å². The molecule has 1 fully saturated rings. The highest BCUT2D eigenvalue weighted by molar-refractivity contribution is 6.30. The number of rotatable bonds is 7. The fourth-order valence-electron chi connectivity index (χ4n) is 3.23. The highest BCUT2D eigenvalue weighted by atomic mass is 35.5. The van der Waals surface area contributed by atoms with Gasteiger partial charge in [0, 0.05) is 43.4 Å². The van der Waals surface area contributed by atoms with Crippen LogP contribution in [-0.4, -0.2) is 55.4 Å². The first-order chi connectivity index (χ1) is 12.6. The maximum atomic E-state index is 10.3. The molecule has 1 aliphatic heterocycles. The van der Waals surface area contributed by atoms with Crippen LogP contribution in [-0.2, 0) is 6.42 Å². The molecule has 26 heavy (non-hydrogen) atoms. The zero-order valence-corrected chi connectivity index (χ0v) is 16.0. The summed E-state index contributed by atoms with van der Waals surface area (Å²) in [5.41, 5.74) is 2.45. The van der Waals surface area contributed by atoms with Crippen molar-refractivity contribution >= 4 is 17.3 Å². The smallest absolute Gasteiger partial charge is 0.119 e. The fraction of sp³-hybridized carbons (Fsp3) is 0.429. The Bertz CT molecular complexity index is 685. The van der Waals surface area contributed by atoms with Gasteiger partial charge < -0.3 is 14.7 Å². The van der Waals surface area contributed by atoms with Crippen molar-refractivity contribution in [3.8, 4) is 5.75 Å². The normalized spacial score (nSPS) is 16.5. The van der Waals surface area contributed by atoms with Gasteiger partial charge in [-0.3, -0.25) is 4.90 Å². The second-order valence-electron chi connectivity index (χ2n) is 6.73. The monoisotopic (exact) mass is 374 g/mol. The first kappa shape index (κ1) is 19.0. The van der Waals surface area contributed by atoms with E-state index in [9.17, 15) is 5.11 Å². The third-order valence-corrected chi connectivity index (χ3v) is 5.02. The zero-order chi connectivity index (χ0) is 18.4. The third-order valence-electron chi connectivity index (χ3n) is 4.79. The SMILES string of the molecule is CCc1ccc(OC[C@@H](O)CN2CCN(c3cccc(Cl)c3)CC2)cc1. The Labute approximate surface area is 160 Å². The number of nitrogens with zero attached hydrogens (tertiary/aromatic N) is 2. The number of hydrogen-bond acceptors (Lipinski definition) is 4. The quantitative estimate of drug-likeness (QED) is 0.805. The highest BCUT2D eigenvalue weighted by Gasteiger charge is 2.20. The Morgan fingerprint density at radius 2 is 1.81 bits per heavy atom. The molecule has 3 rings (SSSR count). The van der Waals surface area contributed by atoms with Crippen molar-refractivity contribution < 1.29 is 9.84 Å². The minimum absolute atomic E-state index is 0.319. The summed E-state index contributed by atoms with van der Waals surface area (Å²) in [6.45, 7) is 6.81. The van der Waals surface area contributed by atoms with E-state index in [0.29, 0.717) is 13.2 Å². The molecule has 1 heterocycles. The van der Waals surface area contributed by atoms with E-state index >= 15 is 0 Å². The zero-order valence-electron chi connectivity index (χ0n) is 15.3. The van der Waals surface area contributed by atoms with Gasteiger partial charge in [-0.1, -0.05) is 36.7 Å². The van der Waals surface area contributed by atoms with Crippen LogP contribution in [0.2, 0.25) is 5.02 Å². The lowest BCUT2D eigenvalue weighted by Gasteiger charge is -2.36. The Balaban J connectivity index is 1.40. The third kappa shape index (κ3) is 5.37. The highest BCUT2D eigenvalue weighted by Crippen LogP contribution is 2.21. The predicted molar refractivity (Wildman–Crippen MR) is 107 cm³/mol. The molecule has 0 bridgehead atoms. The van der Waals surface area contributed by atoms with Crippen molar-refractivity contribution in [3.05, 3.63) is 59.1 Å². The Hall–Kier alpha value is -1.75. The minimum Gasteiger partial charge on any atom is -0.491 e. The summed E-state index contributed by atoms with van der Waals surface area (Å²) in [6.07, 6.45) is 0.530. The number of benzene rings is 2. The molecular formula is C21H27ClN2O2. The van der Waals surface area contributed by atoms with E-state index in [-0.39, 0.29) is 0 Å². The minimum atomic E-state index is -0.487. The van der Waals surface area contributed by atoms with Crippen LogP contribution < -0.4 is 9.64 Å². The summed E-state index contributed by atoms with van der Waals surface area (Å²) in [7, 11) is 0. The van der Waals surface area contributed by atoms with Gasteiger partial charge in [0.1, 0.15) is 18.5 Å². The Kier molecular flexibility index (Phi) is 6.78. The van der Waals surface area contributed by atoms with Crippen LogP contribution in [0.25, 0.3) is 0 Å². The van der Waals surface area contributed by atoms with Gasteiger partial charge in [-0.15, -0.1) is 0 Å². The van der Waals surface area contributed by atoms with Crippen LogP contribution in [0.15, 0.2) is 48.5 Å². The molecule has 2 aromatic carbocycles. The number of halogens is 1. The van der Waals surface area contributed by atoms with Gasteiger partial charge in [0.15, 0.2) is 0 Å². The summed E-state index contributed by atoms with van der Waals surface area (Å²) in [5.74, 6) is 0.812. The molecule has 2 aromatic rings. The van der Waals surface area contributed by atoms with Gasteiger partial charge in [0.25, 0.3) is 0 Å². The molecule has 1 atom stereocenters. The van der Waals surface area contributed by atoms with E-state index < -0.39 is 6.10 Å². The summed E-state index contributed by atoms with van der Waals surface area (Å²) in [4.78, 5) is 4.62. The molecule has 0 amide bonds.